The summed E-state index contributed by atoms with van der Waals surface area (Å²) < 4.78 is 0. The van der Waals surface area contributed by atoms with Crippen molar-refractivity contribution in [1.29, 1.82) is 0 Å². The number of aromatic nitrogens is 1. The Morgan fingerprint density at radius 3 is 2.88 bits per heavy atom. The van der Waals surface area contributed by atoms with Crippen molar-refractivity contribution < 1.29 is 9.59 Å². The number of guanidine groups is 1. The van der Waals surface area contributed by atoms with Crippen LogP contribution in [0.1, 0.15) is 27.2 Å². The molecular formula is C18H28N6O2. The smallest absolute Gasteiger partial charge is 0.246 e. The molecule has 1 saturated heterocycles. The Morgan fingerprint density at radius 1 is 1.42 bits per heavy atom. The third kappa shape index (κ3) is 6.02. The fourth-order valence-corrected chi connectivity index (χ4v) is 2.74. The van der Waals surface area contributed by atoms with Crippen molar-refractivity contribution in [3.8, 4) is 0 Å². The summed E-state index contributed by atoms with van der Waals surface area (Å²) in [7, 11) is 0. The minimum Gasteiger partial charge on any atom is -0.357 e. The number of aliphatic imine (C=N–C) groups is 1. The average molecular weight is 360 g/mol. The highest BCUT2D eigenvalue weighted by Gasteiger charge is 2.27. The van der Waals surface area contributed by atoms with Crippen LogP contribution in [0.25, 0.3) is 0 Å². The molecule has 3 N–H and O–H groups in total. The summed E-state index contributed by atoms with van der Waals surface area (Å²) in [5, 5.41) is 9.20. The van der Waals surface area contributed by atoms with E-state index in [-0.39, 0.29) is 30.3 Å². The van der Waals surface area contributed by atoms with Gasteiger partial charge in [0, 0.05) is 37.8 Å². The van der Waals surface area contributed by atoms with Gasteiger partial charge in [-0.25, -0.2) is 4.99 Å². The van der Waals surface area contributed by atoms with Gasteiger partial charge in [0.25, 0.3) is 0 Å². The third-order valence-electron chi connectivity index (χ3n) is 4.00. The molecule has 0 aromatic carbocycles. The van der Waals surface area contributed by atoms with Gasteiger partial charge in [0.1, 0.15) is 6.54 Å². The number of nitrogens with one attached hydrogen (secondary N) is 3. The van der Waals surface area contributed by atoms with Gasteiger partial charge in [0.15, 0.2) is 5.96 Å². The molecule has 1 aromatic heterocycles. The van der Waals surface area contributed by atoms with Gasteiger partial charge in [0.05, 0.1) is 11.9 Å². The lowest BCUT2D eigenvalue weighted by molar-refractivity contribution is -0.133. The zero-order valence-electron chi connectivity index (χ0n) is 15.7. The maximum atomic E-state index is 12.1. The van der Waals surface area contributed by atoms with Crippen LogP contribution in [0.5, 0.6) is 0 Å². The van der Waals surface area contributed by atoms with Gasteiger partial charge in [-0.05, 0) is 25.5 Å². The van der Waals surface area contributed by atoms with Crippen LogP contribution in [0.4, 0.5) is 5.69 Å². The van der Waals surface area contributed by atoms with Crippen molar-refractivity contribution in [2.24, 2.45) is 10.9 Å². The molecule has 1 aliphatic heterocycles. The molecule has 2 heterocycles. The van der Waals surface area contributed by atoms with Crippen molar-refractivity contribution in [1.82, 2.24) is 20.5 Å². The molecule has 1 aliphatic rings. The van der Waals surface area contributed by atoms with E-state index in [1.165, 1.54) is 0 Å². The third-order valence-corrected chi connectivity index (χ3v) is 4.00. The van der Waals surface area contributed by atoms with E-state index in [0.717, 1.165) is 13.0 Å². The summed E-state index contributed by atoms with van der Waals surface area (Å²) in [6.45, 7) is 7.89. The lowest BCUT2D eigenvalue weighted by Crippen LogP contribution is -2.45. The first-order valence-corrected chi connectivity index (χ1v) is 9.03. The molecule has 1 atom stereocenters. The van der Waals surface area contributed by atoms with Gasteiger partial charge in [0.2, 0.25) is 11.8 Å². The average Bonchev–Trinajstić information content (AvgIpc) is 3.08. The van der Waals surface area contributed by atoms with E-state index in [9.17, 15) is 9.59 Å². The van der Waals surface area contributed by atoms with Crippen LogP contribution in [0.2, 0.25) is 0 Å². The van der Waals surface area contributed by atoms with E-state index < -0.39 is 0 Å². The summed E-state index contributed by atoms with van der Waals surface area (Å²) in [6.07, 6.45) is 4.10. The maximum Gasteiger partial charge on any atom is 0.246 e. The molecule has 1 fully saturated rings. The maximum absolute atomic E-state index is 12.1. The zero-order chi connectivity index (χ0) is 18.9. The van der Waals surface area contributed by atoms with E-state index in [1.807, 2.05) is 25.7 Å². The Kier molecular flexibility index (Phi) is 7.37. The van der Waals surface area contributed by atoms with E-state index in [1.54, 1.807) is 24.5 Å². The quantitative estimate of drug-likeness (QED) is 0.516. The van der Waals surface area contributed by atoms with Crippen LogP contribution in [0, 0.1) is 5.92 Å². The Morgan fingerprint density at radius 2 is 2.23 bits per heavy atom. The van der Waals surface area contributed by atoms with Crippen LogP contribution >= 0.6 is 0 Å². The van der Waals surface area contributed by atoms with Crippen molar-refractivity contribution in [3.63, 3.8) is 0 Å². The van der Waals surface area contributed by atoms with Crippen molar-refractivity contribution >= 4 is 23.5 Å². The summed E-state index contributed by atoms with van der Waals surface area (Å²) in [4.78, 5) is 34.3. The summed E-state index contributed by atoms with van der Waals surface area (Å²) in [5.41, 5.74) is 0.643. The van der Waals surface area contributed by atoms with E-state index in [0.29, 0.717) is 24.7 Å². The Hall–Kier alpha value is -2.64. The van der Waals surface area contributed by atoms with Gasteiger partial charge < -0.3 is 20.9 Å². The number of amides is 2. The highest BCUT2D eigenvalue weighted by Crippen LogP contribution is 2.12. The topological polar surface area (TPSA) is 98.7 Å². The highest BCUT2D eigenvalue weighted by atomic mass is 16.2. The molecule has 0 bridgehead atoms. The predicted molar refractivity (Wildman–Crippen MR) is 102 cm³/mol. The number of anilines is 1. The molecule has 2 amide bonds. The zero-order valence-corrected chi connectivity index (χ0v) is 15.7. The van der Waals surface area contributed by atoms with E-state index in [2.05, 4.69) is 25.9 Å². The minimum atomic E-state index is -0.210. The Bertz CT molecular complexity index is 632. The molecule has 142 valence electrons. The summed E-state index contributed by atoms with van der Waals surface area (Å²) >= 11 is 0. The number of carbonyl (C=O) groups excluding carboxylic acids is 2. The number of carbonyl (C=O) groups is 2. The first-order chi connectivity index (χ1) is 12.5. The monoisotopic (exact) mass is 360 g/mol. The standard InChI is InChI=1S/C18H28N6O2/c1-4-20-18(21-11-16(25)22-14-6-5-8-19-10-14)23-15-7-9-24(12-15)17(26)13(2)3/h5-6,8,10,13,15H,4,7,9,11-12H2,1-3H3,(H,22,25)(H2,20,21,23). The van der Waals surface area contributed by atoms with Crippen LogP contribution in [0.3, 0.4) is 0 Å². The van der Waals surface area contributed by atoms with Gasteiger partial charge in [-0.15, -0.1) is 0 Å². The number of hydrogen-bond acceptors (Lipinski definition) is 4. The number of hydrogen-bond donors (Lipinski definition) is 3. The number of pyridine rings is 1. The Balaban J connectivity index is 1.86. The molecule has 1 unspecified atom stereocenters. The van der Waals surface area contributed by atoms with Crippen molar-refractivity contribution in [2.45, 2.75) is 33.2 Å². The first kappa shape index (κ1) is 19.7. The van der Waals surface area contributed by atoms with Gasteiger partial charge in [-0.3, -0.25) is 14.6 Å². The minimum absolute atomic E-state index is 0.00554. The second-order valence-electron chi connectivity index (χ2n) is 6.55. The Labute approximate surface area is 154 Å². The van der Waals surface area contributed by atoms with Crippen LogP contribution in [-0.4, -0.2) is 59.9 Å². The van der Waals surface area contributed by atoms with E-state index in [4.69, 9.17) is 0 Å². The molecule has 0 spiro atoms. The van der Waals surface area contributed by atoms with Gasteiger partial charge in [-0.1, -0.05) is 13.8 Å². The SMILES string of the molecule is CCNC(=NCC(=O)Nc1cccnc1)NC1CCN(C(=O)C(C)C)C1. The number of rotatable bonds is 6. The molecule has 0 aliphatic carbocycles. The largest absolute Gasteiger partial charge is 0.357 e. The number of nitrogens with zero attached hydrogens (tertiary/aromatic N) is 3. The molecule has 8 heteroatoms. The predicted octanol–water partition coefficient (Wildman–Crippen LogP) is 0.832. The van der Waals surface area contributed by atoms with E-state index >= 15 is 0 Å². The fraction of sp³-hybridized carbons (Fsp3) is 0.556. The lowest BCUT2D eigenvalue weighted by atomic mass is 10.2. The molecular weight excluding hydrogens is 332 g/mol. The van der Waals surface area contributed by atoms with Crippen LogP contribution in [0.15, 0.2) is 29.5 Å². The highest BCUT2D eigenvalue weighted by molar-refractivity contribution is 5.94. The molecule has 8 nitrogen and oxygen atoms in total. The normalized spacial score (nSPS) is 17.3. The number of likely N-dealkylation sites (tertiary alicyclic amines) is 1. The lowest BCUT2D eigenvalue weighted by Gasteiger charge is -2.20. The van der Waals surface area contributed by atoms with Gasteiger partial charge >= 0.3 is 0 Å². The summed E-state index contributed by atoms with van der Waals surface area (Å²) in [5.74, 6) is 0.551. The fourth-order valence-electron chi connectivity index (χ4n) is 2.74. The van der Waals surface area contributed by atoms with Crippen LogP contribution < -0.4 is 16.0 Å². The van der Waals surface area contributed by atoms with Gasteiger partial charge in [-0.2, -0.15) is 0 Å². The van der Waals surface area contributed by atoms with Crippen molar-refractivity contribution in [2.75, 3.05) is 31.5 Å². The first-order valence-electron chi connectivity index (χ1n) is 9.03. The molecule has 0 saturated carbocycles. The van der Waals surface area contributed by atoms with Crippen LogP contribution in [-0.2, 0) is 9.59 Å². The second kappa shape index (κ2) is 9.74. The molecule has 26 heavy (non-hydrogen) atoms. The molecule has 2 rings (SSSR count). The summed E-state index contributed by atoms with van der Waals surface area (Å²) in [6, 6.07) is 3.67. The van der Waals surface area contributed by atoms with Crippen molar-refractivity contribution in [3.05, 3.63) is 24.5 Å². The molecule has 0 radical (unpaired) electrons. The molecule has 1 aromatic rings. The second-order valence-corrected chi connectivity index (χ2v) is 6.55.